The van der Waals surface area contributed by atoms with Crippen molar-refractivity contribution < 1.29 is 23.2 Å². The number of aliphatic hydroxyl groups excluding tert-OH is 1. The van der Waals surface area contributed by atoms with Crippen LogP contribution in [0.4, 0.5) is 5.69 Å². The van der Waals surface area contributed by atoms with Crippen molar-refractivity contribution in [2.75, 3.05) is 13.7 Å². The first kappa shape index (κ1) is 16.3. The third-order valence-electron chi connectivity index (χ3n) is 2.63. The van der Waals surface area contributed by atoms with Crippen molar-refractivity contribution >= 4 is 15.7 Å². The zero-order valence-corrected chi connectivity index (χ0v) is 11.9. The zero-order valence-electron chi connectivity index (χ0n) is 11.1. The summed E-state index contributed by atoms with van der Waals surface area (Å²) in [5, 5.41) is 20.1. The Labute approximate surface area is 116 Å². The van der Waals surface area contributed by atoms with Gasteiger partial charge < -0.3 is 9.84 Å². The van der Waals surface area contributed by atoms with Gasteiger partial charge in [-0.3, -0.25) is 10.1 Å². The Morgan fingerprint density at radius 2 is 2.15 bits per heavy atom. The molecule has 1 atom stereocenters. The third kappa shape index (κ3) is 3.89. The maximum Gasteiger partial charge on any atom is 0.271 e. The number of nitro groups is 1. The Hall–Kier alpha value is -1.71. The zero-order chi connectivity index (χ0) is 15.3. The smallest absolute Gasteiger partial charge is 0.271 e. The van der Waals surface area contributed by atoms with Crippen LogP contribution in [0.15, 0.2) is 23.1 Å². The molecule has 0 aliphatic rings. The average molecular weight is 304 g/mol. The summed E-state index contributed by atoms with van der Waals surface area (Å²) in [5.74, 6) is -0.00547. The fourth-order valence-corrected chi connectivity index (χ4v) is 2.68. The van der Waals surface area contributed by atoms with Gasteiger partial charge in [0.2, 0.25) is 10.0 Å². The quantitative estimate of drug-likeness (QED) is 0.564. The number of ether oxygens (including phenoxy) is 1. The molecule has 0 aliphatic heterocycles. The number of hydrogen-bond donors (Lipinski definition) is 2. The van der Waals surface area contributed by atoms with Gasteiger partial charge in [-0.25, -0.2) is 13.1 Å². The van der Waals surface area contributed by atoms with Crippen LogP contribution in [0.1, 0.15) is 13.3 Å². The van der Waals surface area contributed by atoms with Crippen molar-refractivity contribution in [2.24, 2.45) is 0 Å². The highest BCUT2D eigenvalue weighted by atomic mass is 32.2. The topological polar surface area (TPSA) is 119 Å². The van der Waals surface area contributed by atoms with Crippen molar-refractivity contribution in [3.05, 3.63) is 28.3 Å². The lowest BCUT2D eigenvalue weighted by atomic mass is 10.3. The van der Waals surface area contributed by atoms with Crippen LogP contribution in [-0.4, -0.2) is 38.2 Å². The van der Waals surface area contributed by atoms with E-state index in [1.165, 1.54) is 13.2 Å². The molecule has 112 valence electrons. The fraction of sp³-hybridized carbons (Fsp3) is 0.455. The lowest BCUT2D eigenvalue weighted by Crippen LogP contribution is -2.32. The molecule has 0 amide bonds. The lowest BCUT2D eigenvalue weighted by molar-refractivity contribution is -0.385. The average Bonchev–Trinajstić information content (AvgIpc) is 2.43. The van der Waals surface area contributed by atoms with Gasteiger partial charge in [-0.15, -0.1) is 0 Å². The fourth-order valence-electron chi connectivity index (χ4n) is 1.42. The summed E-state index contributed by atoms with van der Waals surface area (Å²) >= 11 is 0. The predicted molar refractivity (Wildman–Crippen MR) is 71.1 cm³/mol. The number of methoxy groups -OCH3 is 1. The van der Waals surface area contributed by atoms with E-state index in [-0.39, 0.29) is 22.9 Å². The molecule has 1 unspecified atom stereocenters. The summed E-state index contributed by atoms with van der Waals surface area (Å²) in [7, 11) is -2.74. The number of nitrogens with one attached hydrogen (secondary N) is 1. The Bertz CT molecular complexity index is 587. The van der Waals surface area contributed by atoms with Crippen molar-refractivity contribution in [3.8, 4) is 5.75 Å². The molecule has 9 heteroatoms. The summed E-state index contributed by atoms with van der Waals surface area (Å²) in [4.78, 5) is 9.67. The summed E-state index contributed by atoms with van der Waals surface area (Å²) in [6, 6.07) is 3.28. The molecule has 0 aromatic heterocycles. The molecule has 2 N–H and O–H groups in total. The number of hydrogen-bond acceptors (Lipinski definition) is 6. The Morgan fingerprint density at radius 3 is 2.65 bits per heavy atom. The second-order valence-corrected chi connectivity index (χ2v) is 5.74. The summed E-state index contributed by atoms with van der Waals surface area (Å²) < 4.78 is 31.2. The van der Waals surface area contributed by atoms with Crippen LogP contribution in [0.3, 0.4) is 0 Å². The normalized spacial score (nSPS) is 12.9. The van der Waals surface area contributed by atoms with E-state index in [4.69, 9.17) is 4.74 Å². The minimum absolute atomic E-state index is 0.00547. The molecule has 0 aliphatic carbocycles. The van der Waals surface area contributed by atoms with Crippen LogP contribution in [0.2, 0.25) is 0 Å². The first-order valence-corrected chi connectivity index (χ1v) is 7.30. The van der Waals surface area contributed by atoms with E-state index in [0.717, 1.165) is 12.1 Å². The highest BCUT2D eigenvalue weighted by Crippen LogP contribution is 2.27. The molecule has 0 radical (unpaired) electrons. The molecule has 0 spiro atoms. The van der Waals surface area contributed by atoms with Gasteiger partial charge in [0.1, 0.15) is 10.6 Å². The second kappa shape index (κ2) is 6.64. The van der Waals surface area contributed by atoms with E-state index in [2.05, 4.69) is 4.72 Å². The van der Waals surface area contributed by atoms with Crippen molar-refractivity contribution in [3.63, 3.8) is 0 Å². The molecule has 0 heterocycles. The van der Waals surface area contributed by atoms with Gasteiger partial charge in [-0.05, 0) is 12.5 Å². The van der Waals surface area contributed by atoms with E-state index < -0.39 is 21.1 Å². The minimum atomic E-state index is -4.00. The number of aliphatic hydroxyl groups is 1. The van der Waals surface area contributed by atoms with Crippen molar-refractivity contribution in [1.82, 2.24) is 4.72 Å². The molecule has 20 heavy (non-hydrogen) atoms. The highest BCUT2D eigenvalue weighted by Gasteiger charge is 2.23. The molecule has 1 rings (SSSR count). The lowest BCUT2D eigenvalue weighted by Gasteiger charge is -2.12. The molecule has 1 aromatic carbocycles. The number of nitrogens with zero attached hydrogens (tertiary/aromatic N) is 1. The monoisotopic (exact) mass is 304 g/mol. The van der Waals surface area contributed by atoms with Crippen LogP contribution in [0.25, 0.3) is 0 Å². The summed E-state index contributed by atoms with van der Waals surface area (Å²) in [5.41, 5.74) is -0.359. The van der Waals surface area contributed by atoms with E-state index in [1.807, 2.05) is 0 Å². The van der Waals surface area contributed by atoms with Gasteiger partial charge in [0.05, 0.1) is 18.1 Å². The molecule has 0 saturated heterocycles. The minimum Gasteiger partial charge on any atom is -0.495 e. The maximum absolute atomic E-state index is 12.1. The van der Waals surface area contributed by atoms with E-state index in [1.54, 1.807) is 6.92 Å². The SMILES string of the molecule is CCC(O)CNS(=O)(=O)c1cc([N+](=O)[O-])ccc1OC. The van der Waals surface area contributed by atoms with Gasteiger partial charge in [0.15, 0.2) is 0 Å². The highest BCUT2D eigenvalue weighted by molar-refractivity contribution is 7.89. The third-order valence-corrected chi connectivity index (χ3v) is 4.07. The largest absolute Gasteiger partial charge is 0.495 e. The molecular formula is C11H16N2O6S. The van der Waals surface area contributed by atoms with Gasteiger partial charge >= 0.3 is 0 Å². The number of non-ortho nitro benzene ring substituents is 1. The molecule has 0 bridgehead atoms. The van der Waals surface area contributed by atoms with Gasteiger partial charge in [-0.2, -0.15) is 0 Å². The summed E-state index contributed by atoms with van der Waals surface area (Å²) in [6.07, 6.45) is -0.441. The molecule has 0 saturated carbocycles. The van der Waals surface area contributed by atoms with Crippen molar-refractivity contribution in [1.29, 1.82) is 0 Å². The first-order valence-electron chi connectivity index (χ1n) is 5.82. The Balaban J connectivity index is 3.14. The van der Waals surface area contributed by atoms with E-state index >= 15 is 0 Å². The van der Waals surface area contributed by atoms with Crippen LogP contribution in [0.5, 0.6) is 5.75 Å². The number of benzene rings is 1. The number of sulfonamides is 1. The Morgan fingerprint density at radius 1 is 1.50 bits per heavy atom. The van der Waals surface area contributed by atoms with Gasteiger partial charge in [-0.1, -0.05) is 6.92 Å². The number of nitro benzene ring substituents is 1. The molecule has 0 fully saturated rings. The van der Waals surface area contributed by atoms with Crippen molar-refractivity contribution in [2.45, 2.75) is 24.3 Å². The molecular weight excluding hydrogens is 288 g/mol. The van der Waals surface area contributed by atoms with Crippen LogP contribution in [0, 0.1) is 10.1 Å². The van der Waals surface area contributed by atoms with Crippen LogP contribution < -0.4 is 9.46 Å². The molecule has 8 nitrogen and oxygen atoms in total. The van der Waals surface area contributed by atoms with E-state index in [9.17, 15) is 23.6 Å². The Kier molecular flexibility index (Phi) is 5.43. The van der Waals surface area contributed by atoms with Crippen LogP contribution in [-0.2, 0) is 10.0 Å². The van der Waals surface area contributed by atoms with E-state index in [0.29, 0.717) is 6.42 Å². The predicted octanol–water partition coefficient (Wildman–Crippen LogP) is 0.653. The number of rotatable bonds is 7. The first-order chi connectivity index (χ1) is 9.31. The summed E-state index contributed by atoms with van der Waals surface area (Å²) in [6.45, 7) is 1.53. The van der Waals surface area contributed by atoms with Crippen LogP contribution >= 0.6 is 0 Å². The maximum atomic E-state index is 12.1. The van der Waals surface area contributed by atoms with Gasteiger partial charge in [0.25, 0.3) is 5.69 Å². The second-order valence-electron chi connectivity index (χ2n) is 4.01. The van der Waals surface area contributed by atoms with Gasteiger partial charge in [0, 0.05) is 18.7 Å². The molecule has 1 aromatic rings. The standard InChI is InChI=1S/C11H16N2O6S/c1-3-9(14)7-12-20(17,18)11-6-8(13(15)16)4-5-10(11)19-2/h4-6,9,12,14H,3,7H2,1-2H3.